The van der Waals surface area contributed by atoms with Gasteiger partial charge in [-0.3, -0.25) is 14.2 Å². The standard InChI is InChI=1S/C23H31N2O5P/c1-15(2)22(25-21(26)13-12-17-8-5-4-6-9-17)31(29,30)14-19(23(27)28)18-10-7-11-20(24)16(18)3/h4-11,15,19,22H,12-14,24H2,1-3H3,(H,25,26)(H,27,28)(H,29,30). The average Bonchev–Trinajstić information content (AvgIpc) is 2.71. The van der Waals surface area contributed by atoms with Gasteiger partial charge in [-0.15, -0.1) is 0 Å². The number of aryl methyl sites for hydroxylation is 1. The molecule has 0 aromatic heterocycles. The van der Waals surface area contributed by atoms with Gasteiger partial charge in [-0.2, -0.15) is 0 Å². The van der Waals surface area contributed by atoms with Gasteiger partial charge in [-0.25, -0.2) is 0 Å². The fourth-order valence-corrected chi connectivity index (χ4v) is 5.99. The molecule has 7 nitrogen and oxygen atoms in total. The van der Waals surface area contributed by atoms with Crippen LogP contribution in [0.25, 0.3) is 0 Å². The van der Waals surface area contributed by atoms with Crippen molar-refractivity contribution in [3.05, 3.63) is 65.2 Å². The summed E-state index contributed by atoms with van der Waals surface area (Å²) in [6.07, 6.45) is 0.186. The molecule has 0 aliphatic carbocycles. The molecule has 0 aliphatic heterocycles. The number of hydrogen-bond acceptors (Lipinski definition) is 4. The van der Waals surface area contributed by atoms with E-state index >= 15 is 0 Å². The van der Waals surface area contributed by atoms with Gasteiger partial charge in [-0.05, 0) is 42.0 Å². The second-order valence-electron chi connectivity index (χ2n) is 8.13. The van der Waals surface area contributed by atoms with E-state index in [1.165, 1.54) is 0 Å². The lowest BCUT2D eigenvalue weighted by Crippen LogP contribution is -2.40. The molecule has 0 radical (unpaired) electrons. The Labute approximate surface area is 183 Å². The minimum absolute atomic E-state index is 0.171. The van der Waals surface area contributed by atoms with Crippen LogP contribution in [-0.2, 0) is 20.6 Å². The number of hydrogen-bond donors (Lipinski definition) is 4. The van der Waals surface area contributed by atoms with Crippen LogP contribution in [0.15, 0.2) is 48.5 Å². The normalized spacial score (nSPS) is 15.1. The monoisotopic (exact) mass is 446 g/mol. The second kappa shape index (κ2) is 10.6. The van der Waals surface area contributed by atoms with Crippen LogP contribution < -0.4 is 11.1 Å². The predicted octanol–water partition coefficient (Wildman–Crippen LogP) is 3.75. The number of carbonyl (C=O) groups excluding carboxylic acids is 1. The van der Waals surface area contributed by atoms with Gasteiger partial charge in [0.1, 0.15) is 5.78 Å². The van der Waals surface area contributed by atoms with E-state index in [-0.39, 0.29) is 18.2 Å². The Bertz CT molecular complexity index is 962. The van der Waals surface area contributed by atoms with Crippen molar-refractivity contribution in [3.63, 3.8) is 0 Å². The maximum Gasteiger partial charge on any atom is 0.311 e. The molecule has 0 bridgehead atoms. The summed E-state index contributed by atoms with van der Waals surface area (Å²) in [5.74, 6) is -4.15. The summed E-state index contributed by atoms with van der Waals surface area (Å²) in [5.41, 5.74) is 8.29. The van der Waals surface area contributed by atoms with Crippen molar-refractivity contribution in [3.8, 4) is 0 Å². The lowest BCUT2D eigenvalue weighted by Gasteiger charge is -2.29. The molecular formula is C23H31N2O5P. The highest BCUT2D eigenvalue weighted by Gasteiger charge is 2.39. The van der Waals surface area contributed by atoms with Crippen molar-refractivity contribution >= 4 is 24.9 Å². The minimum Gasteiger partial charge on any atom is -0.481 e. The van der Waals surface area contributed by atoms with Gasteiger partial charge in [0.05, 0.1) is 5.92 Å². The maximum absolute atomic E-state index is 13.3. The van der Waals surface area contributed by atoms with Gasteiger partial charge < -0.3 is 21.1 Å². The van der Waals surface area contributed by atoms with Gasteiger partial charge in [0, 0.05) is 18.3 Å². The SMILES string of the molecule is Cc1c(N)cccc1C(CP(=O)(O)C(NC(=O)CCc1ccccc1)C(C)C)C(=O)O. The topological polar surface area (TPSA) is 130 Å². The summed E-state index contributed by atoms with van der Waals surface area (Å²) < 4.78 is 13.3. The Hall–Kier alpha value is -2.63. The van der Waals surface area contributed by atoms with E-state index in [1.807, 2.05) is 30.3 Å². The summed E-state index contributed by atoms with van der Waals surface area (Å²) in [7, 11) is -4.07. The van der Waals surface area contributed by atoms with E-state index < -0.39 is 31.2 Å². The third kappa shape index (κ3) is 6.68. The van der Waals surface area contributed by atoms with Crippen molar-refractivity contribution in [1.29, 1.82) is 0 Å². The highest BCUT2D eigenvalue weighted by atomic mass is 31.2. The van der Waals surface area contributed by atoms with Gasteiger partial charge in [0.15, 0.2) is 0 Å². The van der Waals surface area contributed by atoms with E-state index in [1.54, 1.807) is 39.0 Å². The Morgan fingerprint density at radius 1 is 1.10 bits per heavy atom. The summed E-state index contributed by atoms with van der Waals surface area (Å²) in [6.45, 7) is 5.15. The van der Waals surface area contributed by atoms with Crippen LogP contribution in [0.3, 0.4) is 0 Å². The molecule has 0 fully saturated rings. The van der Waals surface area contributed by atoms with Crippen molar-refractivity contribution < 1.29 is 24.2 Å². The molecular weight excluding hydrogens is 415 g/mol. The first-order valence-corrected chi connectivity index (χ1v) is 12.2. The number of carboxylic acids is 1. The van der Waals surface area contributed by atoms with E-state index in [2.05, 4.69) is 5.32 Å². The van der Waals surface area contributed by atoms with Gasteiger partial charge in [0.2, 0.25) is 13.3 Å². The highest BCUT2D eigenvalue weighted by molar-refractivity contribution is 7.58. The van der Waals surface area contributed by atoms with Crippen LogP contribution in [-0.4, -0.2) is 33.8 Å². The molecule has 0 aliphatic rings. The van der Waals surface area contributed by atoms with Crippen LogP contribution in [0.5, 0.6) is 0 Å². The highest BCUT2D eigenvalue weighted by Crippen LogP contribution is 2.51. The van der Waals surface area contributed by atoms with Crippen LogP contribution in [0.1, 0.15) is 42.9 Å². The van der Waals surface area contributed by atoms with E-state index in [9.17, 15) is 24.2 Å². The fraction of sp³-hybridized carbons (Fsp3) is 0.391. The molecule has 0 heterocycles. The molecule has 8 heteroatoms. The molecule has 168 valence electrons. The summed E-state index contributed by atoms with van der Waals surface area (Å²) in [5, 5.41) is 12.4. The van der Waals surface area contributed by atoms with E-state index in [4.69, 9.17) is 5.73 Å². The quantitative estimate of drug-likeness (QED) is 0.325. The molecule has 2 aromatic carbocycles. The molecule has 2 rings (SSSR count). The van der Waals surface area contributed by atoms with Gasteiger partial charge in [-0.1, -0.05) is 56.3 Å². The molecule has 31 heavy (non-hydrogen) atoms. The molecule has 3 atom stereocenters. The number of aliphatic carboxylic acids is 1. The minimum atomic E-state index is -4.07. The summed E-state index contributed by atoms with van der Waals surface area (Å²) in [4.78, 5) is 35.3. The largest absolute Gasteiger partial charge is 0.481 e. The zero-order valence-corrected chi connectivity index (χ0v) is 19.0. The van der Waals surface area contributed by atoms with Crippen LogP contribution in [0.4, 0.5) is 5.69 Å². The molecule has 1 amide bonds. The van der Waals surface area contributed by atoms with Crippen LogP contribution in [0.2, 0.25) is 0 Å². The third-order valence-corrected chi connectivity index (χ3v) is 7.88. The smallest absolute Gasteiger partial charge is 0.311 e. The lowest BCUT2D eigenvalue weighted by atomic mass is 9.95. The molecule has 0 spiro atoms. The van der Waals surface area contributed by atoms with Crippen molar-refractivity contribution in [1.82, 2.24) is 5.32 Å². The number of rotatable bonds is 10. The fourth-order valence-electron chi connectivity index (χ4n) is 3.61. The Morgan fingerprint density at radius 3 is 2.32 bits per heavy atom. The number of amides is 1. The Morgan fingerprint density at radius 2 is 1.74 bits per heavy atom. The first kappa shape index (κ1) is 24.6. The summed E-state index contributed by atoms with van der Waals surface area (Å²) >= 11 is 0. The maximum atomic E-state index is 13.3. The lowest BCUT2D eigenvalue weighted by molar-refractivity contribution is -0.138. The first-order valence-electron chi connectivity index (χ1n) is 10.3. The Kier molecular flexibility index (Phi) is 8.43. The van der Waals surface area contributed by atoms with Crippen LogP contribution in [0, 0.1) is 12.8 Å². The van der Waals surface area contributed by atoms with E-state index in [0.717, 1.165) is 5.56 Å². The first-order chi connectivity index (χ1) is 14.5. The molecule has 2 aromatic rings. The average molecular weight is 446 g/mol. The number of carbonyl (C=O) groups is 2. The number of anilines is 1. The van der Waals surface area contributed by atoms with E-state index in [0.29, 0.717) is 23.2 Å². The summed E-state index contributed by atoms with van der Waals surface area (Å²) in [6, 6.07) is 14.4. The number of nitrogen functional groups attached to an aromatic ring is 1. The second-order valence-corrected chi connectivity index (χ2v) is 10.6. The van der Waals surface area contributed by atoms with Gasteiger partial charge in [0.25, 0.3) is 0 Å². The number of nitrogens with one attached hydrogen (secondary N) is 1. The molecule has 0 saturated carbocycles. The van der Waals surface area contributed by atoms with Crippen molar-refractivity contribution in [2.45, 2.75) is 45.3 Å². The predicted molar refractivity (Wildman–Crippen MR) is 122 cm³/mol. The van der Waals surface area contributed by atoms with Crippen molar-refractivity contribution in [2.75, 3.05) is 11.9 Å². The Balaban J connectivity index is 2.17. The molecule has 5 N–H and O–H groups in total. The van der Waals surface area contributed by atoms with Gasteiger partial charge >= 0.3 is 5.97 Å². The zero-order valence-electron chi connectivity index (χ0n) is 18.1. The van der Waals surface area contributed by atoms with Crippen molar-refractivity contribution in [2.24, 2.45) is 5.92 Å². The number of benzene rings is 2. The number of carboxylic acid groups (broad SMARTS) is 1. The zero-order chi connectivity index (χ0) is 23.2. The number of nitrogens with two attached hydrogens (primary N) is 1. The molecule has 0 saturated heterocycles. The van der Waals surface area contributed by atoms with Crippen LogP contribution >= 0.6 is 7.37 Å². The molecule has 3 unspecified atom stereocenters. The third-order valence-electron chi connectivity index (χ3n) is 5.39.